The summed E-state index contributed by atoms with van der Waals surface area (Å²) in [7, 11) is 0. The third kappa shape index (κ3) is 16.8. The molecule has 1 aromatic heterocycles. The van der Waals surface area contributed by atoms with E-state index in [9.17, 15) is 24.0 Å². The molecule has 77 heavy (non-hydrogen) atoms. The van der Waals surface area contributed by atoms with Crippen LogP contribution >= 0.6 is 0 Å². The van der Waals surface area contributed by atoms with Gasteiger partial charge in [0.25, 0.3) is 5.91 Å². The van der Waals surface area contributed by atoms with E-state index in [1.165, 1.54) is 25.0 Å². The van der Waals surface area contributed by atoms with Gasteiger partial charge >= 0.3 is 0 Å². The van der Waals surface area contributed by atoms with Crippen LogP contribution in [-0.4, -0.2) is 164 Å². The maximum absolute atomic E-state index is 15.4. The van der Waals surface area contributed by atoms with Crippen LogP contribution < -0.4 is 31.1 Å². The van der Waals surface area contributed by atoms with E-state index in [0.29, 0.717) is 92.6 Å². The van der Waals surface area contributed by atoms with Crippen molar-refractivity contribution in [3.05, 3.63) is 71.1 Å². The zero-order valence-electron chi connectivity index (χ0n) is 46.5. The predicted octanol–water partition coefficient (Wildman–Crippen LogP) is 7.25. The van der Waals surface area contributed by atoms with Crippen LogP contribution in [0.4, 0.5) is 31.8 Å². The molecule has 1 spiro atoms. The van der Waals surface area contributed by atoms with E-state index >= 15 is 8.78 Å². The number of benzene rings is 2. The van der Waals surface area contributed by atoms with Gasteiger partial charge in [0.2, 0.25) is 24.6 Å². The lowest BCUT2D eigenvalue weighted by atomic mass is 9.82. The number of rotatable bonds is 19. The molecule has 19 heteroatoms. The normalized spacial score (nSPS) is 19.8. The van der Waals surface area contributed by atoms with Crippen molar-refractivity contribution < 1.29 is 32.8 Å². The van der Waals surface area contributed by atoms with Crippen molar-refractivity contribution >= 4 is 53.6 Å². The van der Waals surface area contributed by atoms with Crippen molar-refractivity contribution in [3.8, 4) is 0 Å². The van der Waals surface area contributed by atoms with Gasteiger partial charge in [-0.3, -0.25) is 33.8 Å². The zero-order valence-corrected chi connectivity index (χ0v) is 46.5. The van der Waals surface area contributed by atoms with Gasteiger partial charge in [-0.15, -0.1) is 0 Å². The minimum atomic E-state index is -0.498. The van der Waals surface area contributed by atoms with Crippen LogP contribution in [0.3, 0.4) is 0 Å². The van der Waals surface area contributed by atoms with Gasteiger partial charge in [0.1, 0.15) is 29.6 Å². The quantitative estimate of drug-likeness (QED) is 0.0700. The molecule has 0 atom stereocenters. The Morgan fingerprint density at radius 2 is 1.53 bits per heavy atom. The minimum Gasteiger partial charge on any atom is -0.370 e. The summed E-state index contributed by atoms with van der Waals surface area (Å²) in [4.78, 5) is 80.8. The van der Waals surface area contributed by atoms with Gasteiger partial charge < -0.3 is 40.9 Å². The van der Waals surface area contributed by atoms with Gasteiger partial charge in [0.15, 0.2) is 0 Å². The second-order valence-electron chi connectivity index (χ2n) is 22.5. The molecule has 0 radical (unpaired) electrons. The van der Waals surface area contributed by atoms with Gasteiger partial charge in [-0.25, -0.2) is 18.7 Å². The fourth-order valence-electron chi connectivity index (χ4n) is 11.2. The molecule has 5 aliphatic heterocycles. The number of halogens is 2. The number of amides is 5. The highest BCUT2D eigenvalue weighted by molar-refractivity contribution is 5.98. The maximum atomic E-state index is 15.4. The molecule has 6 fully saturated rings. The highest BCUT2D eigenvalue weighted by Crippen LogP contribution is 2.44. The minimum absolute atomic E-state index is 0.000548. The summed E-state index contributed by atoms with van der Waals surface area (Å²) >= 11 is 0. The van der Waals surface area contributed by atoms with Crippen molar-refractivity contribution in [2.75, 3.05) is 119 Å². The van der Waals surface area contributed by atoms with Gasteiger partial charge in [-0.2, -0.15) is 0 Å². The van der Waals surface area contributed by atoms with Gasteiger partial charge in [-0.1, -0.05) is 53.5 Å². The molecule has 6 aliphatic rings. The molecule has 17 nitrogen and oxygen atoms in total. The first-order valence-corrected chi connectivity index (χ1v) is 28.6. The number of nitrogens with zero attached hydrogens (tertiary/aromatic N) is 8. The molecule has 3 aromatic rings. The number of carbonyl (C=O) groups is 5. The maximum Gasteiger partial charge on any atom is 0.254 e. The van der Waals surface area contributed by atoms with E-state index in [0.717, 1.165) is 121 Å². The molecule has 4 N–H and O–H groups in total. The molecule has 0 bridgehead atoms. The molecule has 422 valence electrons. The van der Waals surface area contributed by atoms with Crippen LogP contribution in [0.15, 0.2) is 42.7 Å². The predicted molar refractivity (Wildman–Crippen MR) is 299 cm³/mol. The number of hydrogen-bond donors (Lipinski definition) is 4. The number of likely N-dealkylation sites (tertiary alicyclic amines) is 2. The fraction of sp³-hybridized carbons (Fsp3) is 0.638. The van der Waals surface area contributed by atoms with Crippen molar-refractivity contribution in [2.45, 2.75) is 130 Å². The van der Waals surface area contributed by atoms with E-state index in [1.54, 1.807) is 11.2 Å². The third-order valence-electron chi connectivity index (χ3n) is 16.2. The smallest absolute Gasteiger partial charge is 0.254 e. The van der Waals surface area contributed by atoms with Crippen LogP contribution in [0.2, 0.25) is 0 Å². The number of aromatic nitrogens is 2. The first-order valence-electron chi connectivity index (χ1n) is 28.6. The Kier molecular flexibility index (Phi) is 21.4. The van der Waals surface area contributed by atoms with Crippen molar-refractivity contribution in [2.24, 2.45) is 11.3 Å². The van der Waals surface area contributed by atoms with Crippen LogP contribution in [-0.2, 0) is 25.7 Å². The number of piperidine rings is 3. The number of unbranched alkanes of at least 4 members (excludes halogenated alkanes) is 2. The van der Waals surface area contributed by atoms with E-state index in [2.05, 4.69) is 66.7 Å². The molecule has 5 amide bonds. The molecule has 6 heterocycles. The van der Waals surface area contributed by atoms with E-state index in [4.69, 9.17) is 0 Å². The second kappa shape index (κ2) is 28.1. The molecule has 0 unspecified atom stereocenters. The van der Waals surface area contributed by atoms with Crippen LogP contribution in [0.1, 0.15) is 139 Å². The number of carbonyl (C=O) groups excluding carboxylic acids is 5. The molecule has 1 aliphatic carbocycles. The summed E-state index contributed by atoms with van der Waals surface area (Å²) in [5.41, 5.74) is 2.73. The summed E-state index contributed by atoms with van der Waals surface area (Å²) in [5.74, 6) is 1.50. The van der Waals surface area contributed by atoms with Crippen molar-refractivity contribution in [1.29, 1.82) is 0 Å². The Hall–Kier alpha value is -5.95. The van der Waals surface area contributed by atoms with Gasteiger partial charge in [0, 0.05) is 120 Å². The Bertz CT molecular complexity index is 2430. The average molecular weight is 1070 g/mol. The Labute approximate surface area is 455 Å². The lowest BCUT2D eigenvalue weighted by Crippen LogP contribution is -2.66. The Morgan fingerprint density at radius 3 is 2.21 bits per heavy atom. The molecule has 1 saturated carbocycles. The van der Waals surface area contributed by atoms with Crippen LogP contribution in [0.25, 0.3) is 0 Å². The molecule has 5 saturated heterocycles. The number of piperazine rings is 2. The molecule has 2 aromatic carbocycles. The monoisotopic (exact) mass is 1070 g/mol. The molecular weight excluding hydrogens is 983 g/mol. The Morgan fingerprint density at radius 1 is 0.805 bits per heavy atom. The van der Waals surface area contributed by atoms with Crippen molar-refractivity contribution in [1.82, 2.24) is 40.2 Å². The largest absolute Gasteiger partial charge is 0.370 e. The van der Waals surface area contributed by atoms with E-state index in [1.807, 2.05) is 47.9 Å². The average Bonchev–Trinajstić information content (AvgIpc) is 4.29. The topological polar surface area (TPSA) is 179 Å². The summed E-state index contributed by atoms with van der Waals surface area (Å²) in [6, 6.07) is 10.3. The van der Waals surface area contributed by atoms with E-state index < -0.39 is 17.2 Å². The highest BCUT2D eigenvalue weighted by Gasteiger charge is 2.42. The highest BCUT2D eigenvalue weighted by atomic mass is 19.1. The third-order valence-corrected chi connectivity index (χ3v) is 16.2. The summed E-state index contributed by atoms with van der Waals surface area (Å²) < 4.78 is 30.7. The zero-order chi connectivity index (χ0) is 55.0. The molecule has 9 rings (SSSR count). The number of nitrogens with one attached hydrogen (secondary N) is 4. The lowest BCUT2D eigenvalue weighted by molar-refractivity contribution is -0.123. The second-order valence-corrected chi connectivity index (χ2v) is 22.5. The number of hydrogen-bond acceptors (Lipinski definition) is 12. The SMILES string of the molecule is CC.CCCCCNc1cc(N2CCC3(CC2)CN(c2cc(F)c(CN4CCC(C)(C)CC4)cc2F)CC(=O)N3)ncn1.O=CNCCC(=O)Nc1cc(C(=O)N2CCN(CC3CCN(C=O)CC3)CC2)ccc1C1CC1. The van der Waals surface area contributed by atoms with Crippen LogP contribution in [0.5, 0.6) is 0 Å². The summed E-state index contributed by atoms with van der Waals surface area (Å²) in [6.45, 7) is 21.7. The van der Waals surface area contributed by atoms with Crippen molar-refractivity contribution in [3.63, 3.8) is 0 Å². The van der Waals surface area contributed by atoms with Gasteiger partial charge in [0.05, 0.1) is 17.8 Å². The Balaban J connectivity index is 0.000000220. The van der Waals surface area contributed by atoms with Crippen LogP contribution in [0, 0.1) is 23.0 Å². The van der Waals surface area contributed by atoms with Gasteiger partial charge in [-0.05, 0) is 112 Å². The van der Waals surface area contributed by atoms with E-state index in [-0.39, 0.29) is 42.9 Å². The first-order chi connectivity index (χ1) is 37.2. The fourth-order valence-corrected chi connectivity index (χ4v) is 11.2. The summed E-state index contributed by atoms with van der Waals surface area (Å²) in [6.07, 6.45) is 14.5. The summed E-state index contributed by atoms with van der Waals surface area (Å²) in [5, 5.41) is 12.0. The molecular formula is C58H86F2N12O5. The lowest BCUT2D eigenvalue weighted by Gasteiger charge is -2.48. The first kappa shape index (κ1) is 58.7. The standard InChI is InChI=1S/C31H45F2N7O.C25H35N5O4.C2H6/c1-4-5-6-11-34-27-18-28(36-22-35-27)39-14-9-31(10-15-39)21-40(20-29(41)37-31)26-17-24(32)23(16-25(26)33)19-38-12-7-30(2,3)8-13-38;31-17-26-8-5-24(33)27-23-15-21(3-4-22(23)20-1-2-20)25(34)30-13-11-28(12-14-30)16-19-6-9-29(18-32)10-7-19;1-2/h16-18,22H,4-15,19-21H2,1-3H3,(H,37,41)(H,34,35,36);3-4,15,17-20H,1-2,5-14,16H2,(H,26,31)(H,27,33);1-2H3. The number of anilines is 4.